The van der Waals surface area contributed by atoms with E-state index >= 15 is 0 Å². The molecule has 5 N–H and O–H groups in total. The van der Waals surface area contributed by atoms with Gasteiger partial charge in [-0.1, -0.05) is 11.6 Å². The topological polar surface area (TPSA) is 170 Å². The molecule has 0 atom stereocenters. The predicted molar refractivity (Wildman–Crippen MR) is 151 cm³/mol. The van der Waals surface area contributed by atoms with Gasteiger partial charge in [0.25, 0.3) is 17.7 Å². The lowest BCUT2D eigenvalue weighted by atomic mass is 9.91. The van der Waals surface area contributed by atoms with Crippen LogP contribution < -0.4 is 26.0 Å². The zero-order chi connectivity index (χ0) is 31.1. The van der Waals surface area contributed by atoms with Gasteiger partial charge in [-0.05, 0) is 56.3 Å². The van der Waals surface area contributed by atoms with Crippen LogP contribution in [0.3, 0.4) is 0 Å². The molecule has 12 nitrogen and oxygen atoms in total. The minimum atomic E-state index is -1.43. The summed E-state index contributed by atoms with van der Waals surface area (Å²) in [6, 6.07) is 8.31. The van der Waals surface area contributed by atoms with E-state index in [1.54, 1.807) is 6.07 Å². The minimum absolute atomic E-state index is 0.0418. The molecule has 0 aliphatic carbocycles. The lowest BCUT2D eigenvalue weighted by Crippen LogP contribution is -2.53. The van der Waals surface area contributed by atoms with Crippen LogP contribution in [0.2, 0.25) is 5.02 Å². The SMILES string of the molecule is Cn1c(-c2ccc(OCC#N)c(F)c2F)cnc1C(=O)Nc1ccc(C(=O)NCCNC(=O)C2(O)CCNCC2)c(Cl)c1. The first-order chi connectivity index (χ1) is 20.6. The Morgan fingerprint density at radius 1 is 1.14 bits per heavy atom. The largest absolute Gasteiger partial charge is 0.476 e. The molecule has 0 saturated carbocycles. The molecule has 1 aliphatic heterocycles. The van der Waals surface area contributed by atoms with Crippen molar-refractivity contribution in [2.45, 2.75) is 18.4 Å². The standard InChI is InChI=1S/C28H28ClF2N7O5/c1-38-20(18-4-5-21(43-13-8-32)23(31)22(18)30)15-36-24(38)26(40)37-16-2-3-17(19(29)14-16)25(39)34-11-12-35-27(41)28(42)6-9-33-10-7-28/h2-5,14-15,33,42H,6-7,9-13H2,1H3,(H,34,39)(H,35,41)(H,37,40). The first-order valence-corrected chi connectivity index (χ1v) is 13.5. The summed E-state index contributed by atoms with van der Waals surface area (Å²) in [7, 11) is 1.45. The highest BCUT2D eigenvalue weighted by atomic mass is 35.5. The maximum absolute atomic E-state index is 14.7. The number of hydrogen-bond acceptors (Lipinski definition) is 8. The highest BCUT2D eigenvalue weighted by Crippen LogP contribution is 2.30. The van der Waals surface area contributed by atoms with Crippen molar-refractivity contribution in [2.24, 2.45) is 7.05 Å². The van der Waals surface area contributed by atoms with Gasteiger partial charge in [0, 0.05) is 31.4 Å². The maximum atomic E-state index is 14.7. The number of carbonyl (C=O) groups excluding carboxylic acids is 3. The summed E-state index contributed by atoms with van der Waals surface area (Å²) in [5.41, 5.74) is -1.11. The van der Waals surface area contributed by atoms with E-state index in [2.05, 4.69) is 26.3 Å². The highest BCUT2D eigenvalue weighted by Gasteiger charge is 2.36. The van der Waals surface area contributed by atoms with Crippen molar-refractivity contribution in [3.05, 3.63) is 64.6 Å². The molecule has 1 saturated heterocycles. The number of halogens is 3. The molecule has 4 rings (SSSR count). The molecule has 1 aliphatic rings. The van der Waals surface area contributed by atoms with E-state index in [9.17, 15) is 28.3 Å². The lowest BCUT2D eigenvalue weighted by Gasteiger charge is -2.31. The van der Waals surface area contributed by atoms with Gasteiger partial charge in [0.05, 0.1) is 22.5 Å². The number of amides is 3. The number of carbonyl (C=O) groups is 3. The van der Waals surface area contributed by atoms with E-state index in [-0.39, 0.29) is 46.4 Å². The van der Waals surface area contributed by atoms with Gasteiger partial charge < -0.3 is 35.7 Å². The number of anilines is 1. The molecule has 15 heteroatoms. The van der Waals surface area contributed by atoms with Crippen molar-refractivity contribution in [3.8, 4) is 23.1 Å². The molecular formula is C28H28ClF2N7O5. The number of benzene rings is 2. The summed E-state index contributed by atoms with van der Waals surface area (Å²) < 4.78 is 35.3. The number of imidazole rings is 1. The number of ether oxygens (including phenoxy) is 1. The van der Waals surface area contributed by atoms with Crippen molar-refractivity contribution >= 4 is 35.0 Å². The Bertz CT molecular complexity index is 1580. The molecule has 3 aromatic rings. The molecule has 2 heterocycles. The van der Waals surface area contributed by atoms with Crippen LogP contribution in [0.5, 0.6) is 5.75 Å². The van der Waals surface area contributed by atoms with E-state index in [0.717, 1.165) is 0 Å². The Morgan fingerprint density at radius 2 is 1.86 bits per heavy atom. The summed E-state index contributed by atoms with van der Waals surface area (Å²) in [6.45, 7) is 0.819. The molecule has 2 aromatic carbocycles. The molecule has 0 bridgehead atoms. The van der Waals surface area contributed by atoms with E-state index < -0.39 is 47.3 Å². The van der Waals surface area contributed by atoms with Gasteiger partial charge in [0.1, 0.15) is 11.7 Å². The van der Waals surface area contributed by atoms with Gasteiger partial charge in [-0.25, -0.2) is 9.37 Å². The number of nitriles is 1. The summed E-state index contributed by atoms with van der Waals surface area (Å²) in [6.07, 6.45) is 1.81. The van der Waals surface area contributed by atoms with Gasteiger partial charge >= 0.3 is 0 Å². The summed E-state index contributed by atoms with van der Waals surface area (Å²) >= 11 is 6.28. The second-order valence-corrected chi connectivity index (χ2v) is 10.1. The average molecular weight is 616 g/mol. The smallest absolute Gasteiger partial charge is 0.291 e. The third kappa shape index (κ3) is 7.08. The van der Waals surface area contributed by atoms with Crippen molar-refractivity contribution < 1.29 is 33.0 Å². The molecule has 1 fully saturated rings. The Morgan fingerprint density at radius 3 is 2.56 bits per heavy atom. The molecule has 226 valence electrons. The van der Waals surface area contributed by atoms with Gasteiger partial charge in [0.2, 0.25) is 5.82 Å². The Labute approximate surface area is 250 Å². The van der Waals surface area contributed by atoms with E-state index in [0.29, 0.717) is 25.9 Å². The van der Waals surface area contributed by atoms with Crippen molar-refractivity contribution in [1.29, 1.82) is 5.26 Å². The van der Waals surface area contributed by atoms with Crippen molar-refractivity contribution in [2.75, 3.05) is 38.1 Å². The maximum Gasteiger partial charge on any atom is 0.291 e. The Balaban J connectivity index is 1.35. The van der Waals surface area contributed by atoms with Crippen molar-refractivity contribution in [3.63, 3.8) is 0 Å². The molecular weight excluding hydrogens is 588 g/mol. The quantitative estimate of drug-likeness (QED) is 0.216. The van der Waals surface area contributed by atoms with Crippen molar-refractivity contribution in [1.82, 2.24) is 25.5 Å². The fourth-order valence-electron chi connectivity index (χ4n) is 4.47. The predicted octanol–water partition coefficient (Wildman–Crippen LogP) is 2.13. The average Bonchev–Trinajstić information content (AvgIpc) is 3.37. The number of hydrogen-bond donors (Lipinski definition) is 5. The molecule has 1 aromatic heterocycles. The Hall–Kier alpha value is -4.58. The van der Waals surface area contributed by atoms with Gasteiger partial charge in [-0.2, -0.15) is 9.65 Å². The number of nitrogens with zero attached hydrogens (tertiary/aromatic N) is 3. The molecule has 43 heavy (non-hydrogen) atoms. The van der Waals surface area contributed by atoms with Gasteiger partial charge in [-0.15, -0.1) is 0 Å². The zero-order valence-electron chi connectivity index (χ0n) is 23.0. The van der Waals surface area contributed by atoms with Crippen LogP contribution in [0.25, 0.3) is 11.3 Å². The highest BCUT2D eigenvalue weighted by molar-refractivity contribution is 6.34. The second-order valence-electron chi connectivity index (χ2n) is 9.65. The normalized spacial score (nSPS) is 14.0. The fraction of sp³-hybridized carbons (Fsp3) is 0.321. The van der Waals surface area contributed by atoms with Crippen LogP contribution in [-0.2, 0) is 11.8 Å². The number of nitrogens with one attached hydrogen (secondary N) is 4. The number of aromatic nitrogens is 2. The summed E-state index contributed by atoms with van der Waals surface area (Å²) in [5.74, 6) is -4.72. The summed E-state index contributed by atoms with van der Waals surface area (Å²) in [4.78, 5) is 41.8. The second kappa shape index (κ2) is 13.6. The monoisotopic (exact) mass is 615 g/mol. The minimum Gasteiger partial charge on any atom is -0.476 e. The van der Waals surface area contributed by atoms with Crippen LogP contribution in [-0.4, -0.2) is 70.8 Å². The third-order valence-corrected chi connectivity index (χ3v) is 7.14. The van der Waals surface area contributed by atoms with Crippen LogP contribution >= 0.6 is 11.6 Å². The lowest BCUT2D eigenvalue weighted by molar-refractivity contribution is -0.142. The first kappa shape index (κ1) is 31.4. The fourth-order valence-corrected chi connectivity index (χ4v) is 4.73. The van der Waals surface area contributed by atoms with Crippen LogP contribution in [0.4, 0.5) is 14.5 Å². The third-order valence-electron chi connectivity index (χ3n) is 6.83. The number of piperidine rings is 1. The molecule has 0 unspecified atom stereocenters. The van der Waals surface area contributed by atoms with E-state index in [1.165, 1.54) is 48.1 Å². The van der Waals surface area contributed by atoms with Crippen LogP contribution in [0.1, 0.15) is 33.8 Å². The molecule has 3 amide bonds. The van der Waals surface area contributed by atoms with Gasteiger partial charge in [0.15, 0.2) is 24.0 Å². The van der Waals surface area contributed by atoms with E-state index in [1.807, 2.05) is 0 Å². The Kier molecular flexibility index (Phi) is 9.92. The number of aliphatic hydroxyl groups is 1. The van der Waals surface area contributed by atoms with E-state index in [4.69, 9.17) is 21.6 Å². The first-order valence-electron chi connectivity index (χ1n) is 13.2. The molecule has 0 spiro atoms. The molecule has 0 radical (unpaired) electrons. The zero-order valence-corrected chi connectivity index (χ0v) is 23.7. The van der Waals surface area contributed by atoms with Crippen LogP contribution in [0.15, 0.2) is 36.5 Å². The van der Waals surface area contributed by atoms with Gasteiger partial charge in [-0.3, -0.25) is 14.4 Å². The van der Waals surface area contributed by atoms with Crippen LogP contribution in [0, 0.1) is 23.0 Å². The summed E-state index contributed by atoms with van der Waals surface area (Å²) in [5, 5.41) is 30.0. The number of rotatable bonds is 10.